The maximum atomic E-state index is 13.7. The Hall–Kier alpha value is -4.32. The van der Waals surface area contributed by atoms with E-state index in [0.717, 1.165) is 22.2 Å². The third-order valence-corrected chi connectivity index (χ3v) is 8.83. The first-order valence-corrected chi connectivity index (χ1v) is 15.9. The fourth-order valence-electron chi connectivity index (χ4n) is 5.37. The van der Waals surface area contributed by atoms with E-state index in [1.54, 1.807) is 33.1 Å². The molecule has 3 atom stereocenters. The molecule has 3 aromatic rings. The number of aryl methyl sites for hydroxylation is 2. The maximum Gasteiger partial charge on any atom is 0.340 e. The number of carbonyl (C=O) groups is 5. The normalized spacial score (nSPS) is 16.0. The van der Waals surface area contributed by atoms with Crippen molar-refractivity contribution in [3.05, 3.63) is 58.2 Å². The zero-order chi connectivity index (χ0) is 32.7. The van der Waals surface area contributed by atoms with Gasteiger partial charge in [0.1, 0.15) is 11.8 Å². The van der Waals surface area contributed by atoms with Crippen molar-refractivity contribution >= 4 is 50.9 Å². The molecule has 0 saturated carbocycles. The van der Waals surface area contributed by atoms with E-state index in [-0.39, 0.29) is 23.8 Å². The van der Waals surface area contributed by atoms with Gasteiger partial charge in [0, 0.05) is 34.4 Å². The van der Waals surface area contributed by atoms with E-state index in [4.69, 9.17) is 9.47 Å². The third-order valence-electron chi connectivity index (χ3n) is 7.73. The molecule has 0 aliphatic carbocycles. The molecular formula is C33H40N4O7S. The highest BCUT2D eigenvalue weighted by molar-refractivity contribution is 7.20. The molecule has 3 N–H and O–H groups in total. The molecule has 1 saturated heterocycles. The highest BCUT2D eigenvalue weighted by Gasteiger charge is 2.33. The molecule has 0 bridgehead atoms. The number of amides is 3. The van der Waals surface area contributed by atoms with Crippen molar-refractivity contribution in [3.8, 4) is 5.75 Å². The van der Waals surface area contributed by atoms with Crippen molar-refractivity contribution < 1.29 is 33.4 Å². The molecule has 1 aliphatic rings. The van der Waals surface area contributed by atoms with Gasteiger partial charge in [0.15, 0.2) is 12.4 Å². The average molecular weight is 637 g/mol. The van der Waals surface area contributed by atoms with Crippen LogP contribution in [0, 0.1) is 25.7 Å². The number of carbonyl (C=O) groups excluding carboxylic acids is 5. The summed E-state index contributed by atoms with van der Waals surface area (Å²) in [5.74, 6) is -2.27. The van der Waals surface area contributed by atoms with Crippen LogP contribution in [0.5, 0.6) is 5.75 Å². The van der Waals surface area contributed by atoms with Crippen LogP contribution in [-0.2, 0) is 19.1 Å². The van der Waals surface area contributed by atoms with Crippen LogP contribution in [0.2, 0.25) is 0 Å². The largest absolute Gasteiger partial charge is 0.496 e. The smallest absolute Gasteiger partial charge is 0.340 e. The molecule has 0 spiro atoms. The zero-order valence-corrected chi connectivity index (χ0v) is 27.0. The van der Waals surface area contributed by atoms with E-state index in [1.165, 1.54) is 17.5 Å². The summed E-state index contributed by atoms with van der Waals surface area (Å²) < 4.78 is 11.6. The quantitative estimate of drug-likeness (QED) is 0.239. The van der Waals surface area contributed by atoms with Gasteiger partial charge < -0.3 is 25.4 Å². The maximum absolute atomic E-state index is 13.7. The van der Waals surface area contributed by atoms with E-state index in [0.29, 0.717) is 35.6 Å². The molecule has 12 heteroatoms. The van der Waals surface area contributed by atoms with E-state index in [9.17, 15) is 24.0 Å². The number of esters is 1. The number of nitrogens with zero attached hydrogens (tertiary/aromatic N) is 1. The number of Topliss-reactive ketones (excluding diaryl/α,β-unsaturated/α-hetero) is 1. The summed E-state index contributed by atoms with van der Waals surface area (Å²) in [5.41, 5.74) is 1.64. The van der Waals surface area contributed by atoms with E-state index < -0.39 is 48.2 Å². The second-order valence-corrected chi connectivity index (χ2v) is 12.8. The number of hydrogen-bond donors (Lipinski definition) is 3. The molecule has 0 radical (unpaired) electrons. The Bertz CT molecular complexity index is 1580. The van der Waals surface area contributed by atoms with E-state index in [1.807, 2.05) is 32.0 Å². The van der Waals surface area contributed by atoms with Gasteiger partial charge in [-0.3, -0.25) is 24.2 Å². The van der Waals surface area contributed by atoms with Crippen LogP contribution in [0.4, 0.5) is 0 Å². The minimum atomic E-state index is -1.11. The van der Waals surface area contributed by atoms with Gasteiger partial charge in [0.2, 0.25) is 11.8 Å². The van der Waals surface area contributed by atoms with Crippen LogP contribution in [-0.4, -0.2) is 66.8 Å². The lowest BCUT2D eigenvalue weighted by Gasteiger charge is -2.28. The van der Waals surface area contributed by atoms with Crippen LogP contribution >= 0.6 is 11.3 Å². The molecule has 0 unspecified atom stereocenters. The predicted molar refractivity (Wildman–Crippen MR) is 170 cm³/mol. The molecule has 4 rings (SSSR count). The number of ketones is 1. The van der Waals surface area contributed by atoms with Crippen molar-refractivity contribution in [1.82, 2.24) is 20.9 Å². The van der Waals surface area contributed by atoms with Gasteiger partial charge in [-0.05, 0) is 75.3 Å². The van der Waals surface area contributed by atoms with Crippen molar-refractivity contribution in [1.29, 1.82) is 0 Å². The van der Waals surface area contributed by atoms with Crippen LogP contribution in [0.1, 0.15) is 70.8 Å². The Morgan fingerprint density at radius 3 is 2.58 bits per heavy atom. The van der Waals surface area contributed by atoms with Gasteiger partial charge >= 0.3 is 5.97 Å². The van der Waals surface area contributed by atoms with Crippen LogP contribution < -0.4 is 20.7 Å². The second-order valence-electron chi connectivity index (χ2n) is 11.7. The third kappa shape index (κ3) is 8.65. The van der Waals surface area contributed by atoms with Gasteiger partial charge in [-0.15, -0.1) is 11.3 Å². The number of aromatic nitrogens is 1. The first kappa shape index (κ1) is 33.6. The number of nitrogens with one attached hydrogen (secondary N) is 3. The molecule has 2 aromatic heterocycles. The van der Waals surface area contributed by atoms with Gasteiger partial charge in [-0.1, -0.05) is 19.9 Å². The lowest BCUT2D eigenvalue weighted by molar-refractivity contribution is -0.133. The Labute approximate surface area is 266 Å². The summed E-state index contributed by atoms with van der Waals surface area (Å²) >= 11 is 1.28. The van der Waals surface area contributed by atoms with Crippen molar-refractivity contribution in [2.75, 3.05) is 20.3 Å². The Balaban J connectivity index is 1.50. The summed E-state index contributed by atoms with van der Waals surface area (Å²) in [4.78, 5) is 70.3. The molecular weight excluding hydrogens is 596 g/mol. The number of benzene rings is 1. The molecule has 45 heavy (non-hydrogen) atoms. The first-order valence-electron chi connectivity index (χ1n) is 15.0. The summed E-state index contributed by atoms with van der Waals surface area (Å²) in [7, 11) is 1.56. The number of hydrogen-bond acceptors (Lipinski definition) is 9. The lowest BCUT2D eigenvalue weighted by Crippen LogP contribution is -2.53. The zero-order valence-electron chi connectivity index (χ0n) is 26.2. The number of ether oxygens (including phenoxy) is 2. The Morgan fingerprint density at radius 2 is 1.89 bits per heavy atom. The SMILES string of the molecule is COc1cccc2sc(C(=O)N[C@@H](CC(C)C)C(=O)N[C@@H](C[C@@H]3CCCNC3=O)C(=O)COC(=O)c3cnc(C)cc3C)cc12. The Morgan fingerprint density at radius 1 is 1.11 bits per heavy atom. The summed E-state index contributed by atoms with van der Waals surface area (Å²) in [6.45, 7) is 7.34. The minimum Gasteiger partial charge on any atom is -0.496 e. The van der Waals surface area contributed by atoms with Crippen molar-refractivity contribution in [2.24, 2.45) is 11.8 Å². The molecule has 3 heterocycles. The fourth-order valence-corrected chi connectivity index (χ4v) is 6.35. The number of fused-ring (bicyclic) bond motifs is 1. The van der Waals surface area contributed by atoms with Crippen LogP contribution in [0.15, 0.2) is 36.5 Å². The summed E-state index contributed by atoms with van der Waals surface area (Å²) in [5, 5.41) is 9.21. The second kappa shape index (κ2) is 15.1. The standard InChI is InChI=1S/C33H40N4O7S/c1-18(2)12-25(37-32(41)29-15-22-27(43-5)9-6-10-28(22)45-29)31(40)36-24(14-21-8-7-11-34-30(21)39)26(38)17-44-33(42)23-16-35-20(4)13-19(23)3/h6,9-10,13,15-16,18,21,24-25H,7-8,11-12,14,17H2,1-5H3,(H,34,39)(H,36,40)(H,37,41)/t21-,24-,25-/m0/s1. The highest BCUT2D eigenvalue weighted by atomic mass is 32.1. The predicted octanol–water partition coefficient (Wildman–Crippen LogP) is 3.89. The molecule has 1 fully saturated rings. The number of pyridine rings is 1. The number of rotatable bonds is 13. The molecule has 240 valence electrons. The first-order chi connectivity index (χ1) is 21.5. The summed E-state index contributed by atoms with van der Waals surface area (Å²) in [6, 6.07) is 6.94. The van der Waals surface area contributed by atoms with Gasteiger partial charge in [0.25, 0.3) is 5.91 Å². The minimum absolute atomic E-state index is 0.0362. The lowest BCUT2D eigenvalue weighted by atomic mass is 9.90. The summed E-state index contributed by atoms with van der Waals surface area (Å²) in [6.07, 6.45) is 3.05. The Kier molecular flexibility index (Phi) is 11.3. The monoisotopic (exact) mass is 636 g/mol. The molecule has 1 aromatic carbocycles. The van der Waals surface area contributed by atoms with Crippen LogP contribution in [0.25, 0.3) is 10.1 Å². The van der Waals surface area contributed by atoms with Crippen molar-refractivity contribution in [2.45, 2.75) is 65.5 Å². The van der Waals surface area contributed by atoms with Gasteiger partial charge in [-0.25, -0.2) is 4.79 Å². The molecule has 1 aliphatic heterocycles. The number of thiophene rings is 1. The van der Waals surface area contributed by atoms with E-state index in [2.05, 4.69) is 20.9 Å². The average Bonchev–Trinajstić information content (AvgIpc) is 3.45. The van der Waals surface area contributed by atoms with Gasteiger partial charge in [0.05, 0.1) is 23.6 Å². The topological polar surface area (TPSA) is 153 Å². The highest BCUT2D eigenvalue weighted by Crippen LogP contribution is 2.32. The molecule has 11 nitrogen and oxygen atoms in total. The van der Waals surface area contributed by atoms with Crippen LogP contribution in [0.3, 0.4) is 0 Å². The number of piperidine rings is 1. The van der Waals surface area contributed by atoms with E-state index >= 15 is 0 Å². The fraction of sp³-hybridized carbons (Fsp3) is 0.455. The van der Waals surface area contributed by atoms with Crippen molar-refractivity contribution in [3.63, 3.8) is 0 Å². The number of methoxy groups -OCH3 is 1. The van der Waals surface area contributed by atoms with Gasteiger partial charge in [-0.2, -0.15) is 0 Å². The molecule has 3 amide bonds.